The van der Waals surface area contributed by atoms with Crippen LogP contribution in [0.1, 0.15) is 66.7 Å². The fourth-order valence-corrected chi connectivity index (χ4v) is 2.63. The van der Waals surface area contributed by atoms with Gasteiger partial charge in [-0.2, -0.15) is 0 Å². The standard InChI is InChI=1S/C16H32N2O/c1-12(2)8-9-14(16(3,4)5)18-15(19)11-13-7-6-10-17-13/h12-14,17H,6-11H2,1-5H3,(H,18,19). The molecular formula is C16H32N2O. The van der Waals surface area contributed by atoms with Crippen molar-refractivity contribution in [1.82, 2.24) is 10.6 Å². The average molecular weight is 268 g/mol. The van der Waals surface area contributed by atoms with Crippen molar-refractivity contribution in [3.05, 3.63) is 0 Å². The summed E-state index contributed by atoms with van der Waals surface area (Å²) in [6.45, 7) is 12.2. The number of hydrogen-bond donors (Lipinski definition) is 2. The van der Waals surface area contributed by atoms with Gasteiger partial charge in [-0.1, -0.05) is 34.6 Å². The van der Waals surface area contributed by atoms with Crippen molar-refractivity contribution in [2.45, 2.75) is 78.8 Å². The summed E-state index contributed by atoms with van der Waals surface area (Å²) in [4.78, 5) is 12.1. The molecule has 1 rings (SSSR count). The van der Waals surface area contributed by atoms with Crippen LogP contribution in [0.2, 0.25) is 0 Å². The number of amides is 1. The third-order valence-electron chi connectivity index (χ3n) is 4.01. The Morgan fingerprint density at radius 2 is 2.00 bits per heavy atom. The molecule has 0 saturated carbocycles. The molecule has 1 heterocycles. The molecule has 19 heavy (non-hydrogen) atoms. The summed E-state index contributed by atoms with van der Waals surface area (Å²) < 4.78 is 0. The maximum Gasteiger partial charge on any atom is 0.221 e. The van der Waals surface area contributed by atoms with Crippen molar-refractivity contribution in [2.75, 3.05) is 6.54 Å². The molecule has 112 valence electrons. The third-order valence-corrected chi connectivity index (χ3v) is 4.01. The molecule has 0 aliphatic carbocycles. The first-order valence-electron chi connectivity index (χ1n) is 7.81. The lowest BCUT2D eigenvalue weighted by Gasteiger charge is -2.32. The predicted octanol–water partition coefficient (Wildman–Crippen LogP) is 3.10. The fraction of sp³-hybridized carbons (Fsp3) is 0.938. The quantitative estimate of drug-likeness (QED) is 0.777. The van der Waals surface area contributed by atoms with E-state index < -0.39 is 0 Å². The van der Waals surface area contributed by atoms with Gasteiger partial charge in [-0.15, -0.1) is 0 Å². The Bertz CT molecular complexity index is 275. The Morgan fingerprint density at radius 3 is 2.47 bits per heavy atom. The maximum atomic E-state index is 12.1. The van der Waals surface area contributed by atoms with E-state index in [0.717, 1.165) is 19.4 Å². The highest BCUT2D eigenvalue weighted by molar-refractivity contribution is 5.77. The largest absolute Gasteiger partial charge is 0.353 e. The minimum atomic E-state index is 0.133. The zero-order valence-electron chi connectivity index (χ0n) is 13.4. The summed E-state index contributed by atoms with van der Waals surface area (Å²) in [6.07, 6.45) is 5.22. The van der Waals surface area contributed by atoms with Crippen molar-refractivity contribution < 1.29 is 4.79 Å². The van der Waals surface area contributed by atoms with Crippen LogP contribution in [-0.4, -0.2) is 24.5 Å². The highest BCUT2D eigenvalue weighted by atomic mass is 16.1. The van der Waals surface area contributed by atoms with Crippen LogP contribution in [0.15, 0.2) is 0 Å². The van der Waals surface area contributed by atoms with Crippen LogP contribution < -0.4 is 10.6 Å². The molecule has 0 aromatic heterocycles. The molecule has 2 unspecified atom stereocenters. The summed E-state index contributed by atoms with van der Waals surface area (Å²) >= 11 is 0. The summed E-state index contributed by atoms with van der Waals surface area (Å²) in [5.41, 5.74) is 0.133. The molecule has 0 aromatic rings. The molecule has 3 nitrogen and oxygen atoms in total. The van der Waals surface area contributed by atoms with Gasteiger partial charge < -0.3 is 10.6 Å². The summed E-state index contributed by atoms with van der Waals surface area (Å²) in [5.74, 6) is 0.904. The number of rotatable bonds is 6. The first-order chi connectivity index (χ1) is 8.79. The SMILES string of the molecule is CC(C)CCC(NC(=O)CC1CCCN1)C(C)(C)C. The van der Waals surface area contributed by atoms with Crippen LogP contribution in [0, 0.1) is 11.3 Å². The van der Waals surface area contributed by atoms with E-state index in [-0.39, 0.29) is 17.4 Å². The Labute approximate surface area is 118 Å². The van der Waals surface area contributed by atoms with E-state index in [4.69, 9.17) is 0 Å². The van der Waals surface area contributed by atoms with Gasteiger partial charge in [-0.3, -0.25) is 4.79 Å². The molecule has 1 aliphatic heterocycles. The molecular weight excluding hydrogens is 236 g/mol. The second kappa shape index (κ2) is 7.28. The van der Waals surface area contributed by atoms with Crippen molar-refractivity contribution in [3.8, 4) is 0 Å². The molecule has 1 saturated heterocycles. The zero-order chi connectivity index (χ0) is 14.5. The molecule has 1 amide bonds. The fourth-order valence-electron chi connectivity index (χ4n) is 2.63. The van der Waals surface area contributed by atoms with Crippen LogP contribution >= 0.6 is 0 Å². The lowest BCUT2D eigenvalue weighted by atomic mass is 9.82. The Kier molecular flexibility index (Phi) is 6.31. The van der Waals surface area contributed by atoms with Crippen molar-refractivity contribution in [1.29, 1.82) is 0 Å². The first-order valence-corrected chi connectivity index (χ1v) is 7.81. The molecule has 0 aromatic carbocycles. The lowest BCUT2D eigenvalue weighted by molar-refractivity contribution is -0.123. The third kappa shape index (κ3) is 6.42. The maximum absolute atomic E-state index is 12.1. The molecule has 0 spiro atoms. The van der Waals surface area contributed by atoms with Gasteiger partial charge >= 0.3 is 0 Å². The summed E-state index contributed by atoms with van der Waals surface area (Å²) in [6, 6.07) is 0.675. The van der Waals surface area contributed by atoms with Crippen molar-refractivity contribution in [3.63, 3.8) is 0 Å². The van der Waals surface area contributed by atoms with Crippen LogP contribution in [0.3, 0.4) is 0 Å². The van der Waals surface area contributed by atoms with Gasteiger partial charge in [0, 0.05) is 18.5 Å². The van der Waals surface area contributed by atoms with Crippen molar-refractivity contribution in [2.24, 2.45) is 11.3 Å². The van der Waals surface area contributed by atoms with E-state index in [9.17, 15) is 4.79 Å². The minimum absolute atomic E-state index is 0.133. The van der Waals surface area contributed by atoms with Gasteiger partial charge in [0.25, 0.3) is 0 Å². The average Bonchev–Trinajstić information content (AvgIpc) is 2.74. The van der Waals surface area contributed by atoms with Crippen LogP contribution in [-0.2, 0) is 4.79 Å². The van der Waals surface area contributed by atoms with Crippen LogP contribution in [0.4, 0.5) is 0 Å². The van der Waals surface area contributed by atoms with Gasteiger partial charge in [0.1, 0.15) is 0 Å². The highest BCUT2D eigenvalue weighted by Crippen LogP contribution is 2.24. The smallest absolute Gasteiger partial charge is 0.221 e. The molecule has 3 heteroatoms. The van der Waals surface area contributed by atoms with Crippen LogP contribution in [0.5, 0.6) is 0 Å². The molecule has 2 atom stereocenters. The van der Waals surface area contributed by atoms with Gasteiger partial charge in [0.05, 0.1) is 0 Å². The van der Waals surface area contributed by atoms with E-state index in [0.29, 0.717) is 18.4 Å². The van der Waals surface area contributed by atoms with Gasteiger partial charge in [-0.05, 0) is 43.6 Å². The number of hydrogen-bond acceptors (Lipinski definition) is 2. The second-order valence-corrected chi connectivity index (χ2v) is 7.45. The minimum Gasteiger partial charge on any atom is -0.353 e. The summed E-state index contributed by atoms with van der Waals surface area (Å²) in [5, 5.41) is 6.65. The molecule has 0 radical (unpaired) electrons. The Hall–Kier alpha value is -0.570. The highest BCUT2D eigenvalue weighted by Gasteiger charge is 2.27. The van der Waals surface area contributed by atoms with E-state index in [2.05, 4.69) is 45.3 Å². The first kappa shape index (κ1) is 16.5. The summed E-state index contributed by atoms with van der Waals surface area (Å²) in [7, 11) is 0. The number of nitrogens with one attached hydrogen (secondary N) is 2. The molecule has 1 fully saturated rings. The van der Waals surface area contributed by atoms with Gasteiger partial charge in [0.15, 0.2) is 0 Å². The van der Waals surface area contributed by atoms with E-state index in [1.165, 1.54) is 12.8 Å². The number of carbonyl (C=O) groups is 1. The Morgan fingerprint density at radius 1 is 1.32 bits per heavy atom. The normalized spacial score (nSPS) is 21.7. The number of carbonyl (C=O) groups excluding carboxylic acids is 1. The monoisotopic (exact) mass is 268 g/mol. The van der Waals surface area contributed by atoms with Gasteiger partial charge in [-0.25, -0.2) is 0 Å². The lowest BCUT2D eigenvalue weighted by Crippen LogP contribution is -2.45. The molecule has 1 aliphatic rings. The van der Waals surface area contributed by atoms with E-state index >= 15 is 0 Å². The zero-order valence-corrected chi connectivity index (χ0v) is 13.4. The van der Waals surface area contributed by atoms with Crippen LogP contribution in [0.25, 0.3) is 0 Å². The molecule has 2 N–H and O–H groups in total. The second-order valence-electron chi connectivity index (χ2n) is 7.45. The predicted molar refractivity (Wildman–Crippen MR) is 81.1 cm³/mol. The van der Waals surface area contributed by atoms with Crippen molar-refractivity contribution >= 4 is 5.91 Å². The topological polar surface area (TPSA) is 41.1 Å². The van der Waals surface area contributed by atoms with E-state index in [1.807, 2.05) is 0 Å². The Balaban J connectivity index is 2.43. The molecule has 0 bridgehead atoms. The van der Waals surface area contributed by atoms with Gasteiger partial charge in [0.2, 0.25) is 5.91 Å². The van der Waals surface area contributed by atoms with E-state index in [1.54, 1.807) is 0 Å².